The van der Waals surface area contributed by atoms with E-state index in [1.54, 1.807) is 31.1 Å². The second-order valence-electron chi connectivity index (χ2n) is 5.97. The van der Waals surface area contributed by atoms with Crippen LogP contribution in [0.3, 0.4) is 0 Å². The van der Waals surface area contributed by atoms with Gasteiger partial charge < -0.3 is 19.4 Å². The Hall–Kier alpha value is -2.51. The van der Waals surface area contributed by atoms with Gasteiger partial charge in [-0.1, -0.05) is 12.1 Å². The number of hydrogen-bond donors (Lipinski definition) is 1. The van der Waals surface area contributed by atoms with E-state index in [4.69, 9.17) is 9.47 Å². The number of nitrogens with one attached hydrogen (secondary N) is 1. The molecule has 1 aliphatic heterocycles. The number of amides is 1. The number of carbonyl (C=O) groups excluding carboxylic acids is 1. The van der Waals surface area contributed by atoms with Crippen LogP contribution in [-0.2, 0) is 16.1 Å². The number of rotatable bonds is 4. The molecule has 1 aromatic carbocycles. The topological polar surface area (TPSA) is 84.5 Å². The minimum absolute atomic E-state index is 0.1000. The highest BCUT2D eigenvalue weighted by Gasteiger charge is 2.30. The van der Waals surface area contributed by atoms with Gasteiger partial charge in [0, 0.05) is 25.3 Å². The van der Waals surface area contributed by atoms with Crippen LogP contribution >= 0.6 is 0 Å². The first-order valence-corrected chi connectivity index (χ1v) is 8.13. The Kier molecular flexibility index (Phi) is 5.25. The molecule has 1 amide bonds. The van der Waals surface area contributed by atoms with Crippen LogP contribution < -0.4 is 5.56 Å². The average Bonchev–Trinajstić information content (AvgIpc) is 2.61. The molecule has 1 saturated heterocycles. The lowest BCUT2D eigenvalue weighted by molar-refractivity contribution is -0.00401. The maximum atomic E-state index is 12.9. The fourth-order valence-electron chi connectivity index (χ4n) is 2.94. The Morgan fingerprint density at radius 2 is 2.16 bits per heavy atom. The van der Waals surface area contributed by atoms with Crippen LogP contribution in [0.4, 0.5) is 0 Å². The van der Waals surface area contributed by atoms with Crippen molar-refractivity contribution in [1.29, 1.82) is 0 Å². The van der Waals surface area contributed by atoms with E-state index >= 15 is 0 Å². The fraction of sp³-hybridized carbons (Fsp3) is 0.389. The van der Waals surface area contributed by atoms with Gasteiger partial charge in [-0.05, 0) is 24.6 Å². The number of nitrogens with zero attached hydrogens (tertiary/aromatic N) is 2. The number of H-pyrrole nitrogens is 1. The van der Waals surface area contributed by atoms with Crippen LogP contribution in [0.5, 0.6) is 0 Å². The monoisotopic (exact) mass is 343 g/mol. The van der Waals surface area contributed by atoms with Gasteiger partial charge in [0.2, 0.25) is 0 Å². The fourth-order valence-corrected chi connectivity index (χ4v) is 2.94. The maximum absolute atomic E-state index is 12.9. The minimum Gasteiger partial charge on any atom is -0.380 e. The number of benzene rings is 1. The minimum atomic E-state index is -0.374. The van der Waals surface area contributed by atoms with Gasteiger partial charge in [-0.25, -0.2) is 4.98 Å². The summed E-state index contributed by atoms with van der Waals surface area (Å²) in [4.78, 5) is 33.4. The Morgan fingerprint density at radius 3 is 2.84 bits per heavy atom. The number of aromatic amines is 1. The summed E-state index contributed by atoms with van der Waals surface area (Å²) in [6.45, 7) is 3.46. The van der Waals surface area contributed by atoms with Crippen LogP contribution in [0, 0.1) is 6.92 Å². The van der Waals surface area contributed by atoms with E-state index in [-0.39, 0.29) is 17.5 Å². The summed E-state index contributed by atoms with van der Waals surface area (Å²) in [6, 6.07) is 8.39. The molecule has 0 spiro atoms. The Morgan fingerprint density at radius 1 is 1.40 bits per heavy atom. The molecule has 7 heteroatoms. The summed E-state index contributed by atoms with van der Waals surface area (Å²) in [7, 11) is 1.63. The van der Waals surface area contributed by atoms with Crippen molar-refractivity contribution in [3.05, 3.63) is 63.3 Å². The second kappa shape index (κ2) is 7.58. The maximum Gasteiger partial charge on any atom is 0.254 e. The largest absolute Gasteiger partial charge is 0.380 e. The molecular formula is C18H21N3O4. The average molecular weight is 343 g/mol. The van der Waals surface area contributed by atoms with E-state index in [2.05, 4.69) is 9.97 Å². The number of hydrogen-bond acceptors (Lipinski definition) is 5. The zero-order valence-electron chi connectivity index (χ0n) is 14.3. The Bertz CT molecular complexity index is 801. The third-order valence-corrected chi connectivity index (χ3v) is 4.12. The standard InChI is InChI=1S/C18H21N3O4/c1-12-19-15(9-17(22)20-12)16-11-25-8-7-21(16)18(23)14-5-3-13(4-6-14)10-24-2/h3-6,9,16H,7-8,10-11H2,1-2H3,(H,19,20,22)/t16-/m1/s1. The van der Waals surface area contributed by atoms with E-state index < -0.39 is 0 Å². The van der Waals surface area contributed by atoms with Crippen molar-refractivity contribution < 1.29 is 14.3 Å². The van der Waals surface area contributed by atoms with Gasteiger partial charge in [0.1, 0.15) is 5.82 Å². The van der Waals surface area contributed by atoms with Crippen LogP contribution in [0.15, 0.2) is 35.1 Å². The second-order valence-corrected chi connectivity index (χ2v) is 5.97. The van der Waals surface area contributed by atoms with Gasteiger partial charge in [-0.2, -0.15) is 0 Å². The van der Waals surface area contributed by atoms with Gasteiger partial charge >= 0.3 is 0 Å². The lowest BCUT2D eigenvalue weighted by Gasteiger charge is -2.35. The summed E-state index contributed by atoms with van der Waals surface area (Å²) >= 11 is 0. The van der Waals surface area contributed by atoms with Crippen LogP contribution in [-0.4, -0.2) is 47.6 Å². The number of aryl methyl sites for hydroxylation is 1. The molecule has 0 unspecified atom stereocenters. The quantitative estimate of drug-likeness (QED) is 0.908. The van der Waals surface area contributed by atoms with Crippen molar-refractivity contribution in [3.63, 3.8) is 0 Å². The lowest BCUT2D eigenvalue weighted by atomic mass is 10.1. The molecule has 7 nitrogen and oxygen atoms in total. The van der Waals surface area contributed by atoms with Gasteiger partial charge in [0.25, 0.3) is 11.5 Å². The first kappa shape index (κ1) is 17.3. The van der Waals surface area contributed by atoms with Gasteiger partial charge in [0.15, 0.2) is 0 Å². The molecule has 132 valence electrons. The molecule has 2 aromatic rings. The first-order valence-electron chi connectivity index (χ1n) is 8.13. The molecule has 1 N–H and O–H groups in total. The molecule has 0 bridgehead atoms. The molecule has 0 radical (unpaired) electrons. The van der Waals surface area contributed by atoms with Crippen molar-refractivity contribution in [1.82, 2.24) is 14.9 Å². The van der Waals surface area contributed by atoms with Gasteiger partial charge in [-0.15, -0.1) is 0 Å². The Balaban J connectivity index is 1.87. The van der Waals surface area contributed by atoms with Crippen LogP contribution in [0.2, 0.25) is 0 Å². The van der Waals surface area contributed by atoms with E-state index in [1.165, 1.54) is 6.07 Å². The summed E-state index contributed by atoms with van der Waals surface area (Å²) in [6.07, 6.45) is 0. The van der Waals surface area contributed by atoms with Gasteiger partial charge in [0.05, 0.1) is 31.6 Å². The molecule has 0 saturated carbocycles. The summed E-state index contributed by atoms with van der Waals surface area (Å²) in [5.41, 5.74) is 1.91. The Labute approximate surface area is 145 Å². The number of ether oxygens (including phenoxy) is 2. The van der Waals surface area contributed by atoms with Gasteiger partial charge in [-0.3, -0.25) is 9.59 Å². The first-order chi connectivity index (χ1) is 12.1. The molecule has 1 fully saturated rings. The molecule has 1 aromatic heterocycles. The number of methoxy groups -OCH3 is 1. The SMILES string of the molecule is COCc1ccc(C(=O)N2CCOC[C@@H]2c2cc(=O)[nH]c(C)n2)cc1. The van der Waals surface area contributed by atoms with E-state index in [9.17, 15) is 9.59 Å². The highest BCUT2D eigenvalue weighted by molar-refractivity contribution is 5.94. The zero-order valence-corrected chi connectivity index (χ0v) is 14.3. The molecule has 3 rings (SSSR count). The third-order valence-electron chi connectivity index (χ3n) is 4.12. The van der Waals surface area contributed by atoms with Crippen molar-refractivity contribution in [2.45, 2.75) is 19.6 Å². The molecule has 1 atom stereocenters. The van der Waals surface area contributed by atoms with Crippen molar-refractivity contribution in [2.75, 3.05) is 26.9 Å². The predicted molar refractivity (Wildman–Crippen MR) is 91.3 cm³/mol. The predicted octanol–water partition coefficient (Wildman–Crippen LogP) is 1.44. The zero-order chi connectivity index (χ0) is 17.8. The van der Waals surface area contributed by atoms with E-state index in [0.29, 0.717) is 43.4 Å². The molecule has 2 heterocycles. The van der Waals surface area contributed by atoms with E-state index in [0.717, 1.165) is 5.56 Å². The molecule has 0 aliphatic carbocycles. The molecular weight excluding hydrogens is 322 g/mol. The highest BCUT2D eigenvalue weighted by atomic mass is 16.5. The number of aromatic nitrogens is 2. The molecule has 1 aliphatic rings. The van der Waals surface area contributed by atoms with Crippen LogP contribution in [0.1, 0.15) is 33.5 Å². The van der Waals surface area contributed by atoms with Crippen molar-refractivity contribution in [2.24, 2.45) is 0 Å². The smallest absolute Gasteiger partial charge is 0.254 e. The summed E-state index contributed by atoms with van der Waals surface area (Å²) in [5.74, 6) is 0.418. The molecule has 25 heavy (non-hydrogen) atoms. The van der Waals surface area contributed by atoms with Crippen LogP contribution in [0.25, 0.3) is 0 Å². The van der Waals surface area contributed by atoms with E-state index in [1.807, 2.05) is 12.1 Å². The van der Waals surface area contributed by atoms with Crippen molar-refractivity contribution >= 4 is 5.91 Å². The highest BCUT2D eigenvalue weighted by Crippen LogP contribution is 2.24. The lowest BCUT2D eigenvalue weighted by Crippen LogP contribution is -2.44. The van der Waals surface area contributed by atoms with Crippen molar-refractivity contribution in [3.8, 4) is 0 Å². The normalized spacial score (nSPS) is 17.5. The number of morpholine rings is 1. The third kappa shape index (κ3) is 3.94. The number of carbonyl (C=O) groups is 1. The summed E-state index contributed by atoms with van der Waals surface area (Å²) < 4.78 is 10.6. The summed E-state index contributed by atoms with van der Waals surface area (Å²) in [5, 5.41) is 0.